The van der Waals surface area contributed by atoms with Crippen LogP contribution in [0, 0.1) is 34.5 Å². The second kappa shape index (κ2) is 2.14. The third kappa shape index (κ3) is 0.484. The first-order valence-electron chi connectivity index (χ1n) is 7.32. The minimum atomic E-state index is -0.755. The first-order valence-corrected chi connectivity index (χ1v) is 8.81. The SMILES string of the molecule is Cn1c(=O)n2n(c1=O)C1C3C4C5C3C13CS(=O)CC53C42. The number of hydrogen-bond donors (Lipinski definition) is 0. The van der Waals surface area contributed by atoms with Gasteiger partial charge in [0.1, 0.15) is 0 Å². The summed E-state index contributed by atoms with van der Waals surface area (Å²) in [5.74, 6) is 4.18. The fourth-order valence-electron chi connectivity index (χ4n) is 7.93. The van der Waals surface area contributed by atoms with E-state index in [1.54, 1.807) is 16.4 Å². The molecule has 0 aromatic carbocycles. The second-order valence-corrected chi connectivity index (χ2v) is 9.18. The molecule has 6 nitrogen and oxygen atoms in total. The highest BCUT2D eigenvalue weighted by atomic mass is 32.2. The Labute approximate surface area is 115 Å². The maximum atomic E-state index is 12.4. The summed E-state index contributed by atoms with van der Waals surface area (Å²) >= 11 is 0. The smallest absolute Gasteiger partial charge is 0.260 e. The minimum absolute atomic E-state index is 0.115. The van der Waals surface area contributed by atoms with Gasteiger partial charge in [0.05, 0.1) is 12.1 Å². The molecule has 3 aliphatic heterocycles. The van der Waals surface area contributed by atoms with Crippen LogP contribution in [0.3, 0.4) is 0 Å². The van der Waals surface area contributed by atoms with E-state index in [0.29, 0.717) is 11.8 Å². The van der Waals surface area contributed by atoms with Gasteiger partial charge in [0.2, 0.25) is 0 Å². The number of rotatable bonds is 0. The van der Waals surface area contributed by atoms with Crippen LogP contribution in [-0.2, 0) is 17.8 Å². The summed E-state index contributed by atoms with van der Waals surface area (Å²) in [6, 6.07) is 0.334. The molecule has 2 bridgehead atoms. The van der Waals surface area contributed by atoms with E-state index in [1.165, 1.54) is 4.57 Å². The van der Waals surface area contributed by atoms with Crippen LogP contribution < -0.4 is 11.4 Å². The van der Waals surface area contributed by atoms with Gasteiger partial charge in [-0.15, -0.1) is 0 Å². The first kappa shape index (κ1) is 9.76. The molecule has 4 heterocycles. The third-order valence-corrected chi connectivity index (χ3v) is 9.63. The molecule has 104 valence electrons. The van der Waals surface area contributed by atoms with Crippen LogP contribution in [0.5, 0.6) is 0 Å². The van der Waals surface area contributed by atoms with E-state index in [1.807, 2.05) is 0 Å². The zero-order valence-electron chi connectivity index (χ0n) is 10.9. The lowest BCUT2D eigenvalue weighted by atomic mass is 9.06. The van der Waals surface area contributed by atoms with Crippen LogP contribution in [0.25, 0.3) is 0 Å². The molecule has 20 heavy (non-hydrogen) atoms. The number of hydrogen-bond acceptors (Lipinski definition) is 3. The van der Waals surface area contributed by atoms with Crippen molar-refractivity contribution >= 4 is 10.8 Å². The average Bonchev–Trinajstić information content (AvgIpc) is 2.81. The van der Waals surface area contributed by atoms with Gasteiger partial charge in [0.15, 0.2) is 0 Å². The molecule has 0 radical (unpaired) electrons. The van der Waals surface area contributed by atoms with Crippen molar-refractivity contribution in [2.45, 2.75) is 12.1 Å². The van der Waals surface area contributed by atoms with E-state index in [-0.39, 0.29) is 34.3 Å². The summed E-state index contributed by atoms with van der Waals surface area (Å²) in [5.41, 5.74) is -0.107. The predicted molar refractivity (Wildman–Crippen MR) is 68.7 cm³/mol. The number of nitrogens with zero attached hydrogens (tertiary/aromatic N) is 3. The molecule has 4 aliphatic carbocycles. The van der Waals surface area contributed by atoms with Crippen molar-refractivity contribution in [2.75, 3.05) is 11.5 Å². The molecule has 8 rings (SSSR count). The van der Waals surface area contributed by atoms with Crippen molar-refractivity contribution < 1.29 is 4.21 Å². The summed E-state index contributed by atoms with van der Waals surface area (Å²) in [6.07, 6.45) is 0. The van der Waals surface area contributed by atoms with Crippen LogP contribution in [0.2, 0.25) is 0 Å². The molecule has 4 saturated carbocycles. The zero-order chi connectivity index (χ0) is 13.3. The highest BCUT2D eigenvalue weighted by Crippen LogP contribution is 3.03. The molecular weight excluding hydrogens is 278 g/mol. The molecule has 7 heteroatoms. The maximum absolute atomic E-state index is 12.4. The third-order valence-electron chi connectivity index (χ3n) is 8.03. The van der Waals surface area contributed by atoms with E-state index < -0.39 is 10.8 Å². The van der Waals surface area contributed by atoms with Gasteiger partial charge in [-0.25, -0.2) is 23.5 Å². The Bertz CT molecular complexity index is 841. The summed E-state index contributed by atoms with van der Waals surface area (Å²) in [7, 11) is 0.824. The van der Waals surface area contributed by atoms with E-state index in [9.17, 15) is 13.8 Å². The molecule has 1 aromatic heterocycles. The topological polar surface area (TPSA) is 66.0 Å². The molecule has 8 unspecified atom stereocenters. The Hall–Kier alpha value is -1.11. The molecule has 0 amide bonds. The van der Waals surface area contributed by atoms with E-state index in [2.05, 4.69) is 0 Å². The maximum Gasteiger partial charge on any atom is 0.347 e. The van der Waals surface area contributed by atoms with E-state index in [0.717, 1.165) is 23.3 Å². The highest BCUT2D eigenvalue weighted by Gasteiger charge is 3.04. The van der Waals surface area contributed by atoms with Gasteiger partial charge in [-0.3, -0.25) is 4.21 Å². The van der Waals surface area contributed by atoms with Crippen LogP contribution in [0.4, 0.5) is 0 Å². The van der Waals surface area contributed by atoms with Crippen LogP contribution in [0.15, 0.2) is 9.59 Å². The molecule has 0 N–H and O–H groups in total. The van der Waals surface area contributed by atoms with Crippen molar-refractivity contribution in [1.29, 1.82) is 0 Å². The Morgan fingerprint density at radius 2 is 1.45 bits per heavy atom. The van der Waals surface area contributed by atoms with Crippen LogP contribution in [0.1, 0.15) is 12.1 Å². The van der Waals surface area contributed by atoms with Crippen molar-refractivity contribution in [3.8, 4) is 0 Å². The molecule has 8 atom stereocenters. The Morgan fingerprint density at radius 3 is 1.90 bits per heavy atom. The minimum Gasteiger partial charge on any atom is -0.260 e. The lowest BCUT2D eigenvalue weighted by Gasteiger charge is -2.99. The second-order valence-electron chi connectivity index (χ2n) is 7.72. The molecule has 1 aromatic rings. The van der Waals surface area contributed by atoms with Crippen LogP contribution in [-0.4, -0.2) is 29.6 Å². The Balaban J connectivity index is 1.67. The van der Waals surface area contributed by atoms with Crippen molar-refractivity contribution in [3.63, 3.8) is 0 Å². The van der Waals surface area contributed by atoms with E-state index in [4.69, 9.17) is 0 Å². The molecule has 7 aliphatic rings. The lowest BCUT2D eigenvalue weighted by molar-refractivity contribution is -0.533. The Kier molecular flexibility index (Phi) is 1.04. The quantitative estimate of drug-likeness (QED) is 0.597. The summed E-state index contributed by atoms with van der Waals surface area (Å²) in [6.45, 7) is 0. The first-order chi connectivity index (χ1) is 9.57. The highest BCUT2D eigenvalue weighted by molar-refractivity contribution is 7.85. The largest absolute Gasteiger partial charge is 0.347 e. The van der Waals surface area contributed by atoms with E-state index >= 15 is 0 Å². The summed E-state index contributed by atoms with van der Waals surface area (Å²) in [4.78, 5) is 24.8. The number of aromatic nitrogens is 3. The lowest BCUT2D eigenvalue weighted by Crippen LogP contribution is -3.00. The van der Waals surface area contributed by atoms with Gasteiger partial charge in [-0.1, -0.05) is 0 Å². The molecule has 2 spiro atoms. The summed E-state index contributed by atoms with van der Waals surface area (Å²) in [5, 5.41) is 0. The standard InChI is InChI=1S/C13H13N3O3S/c1-14-10(17)15-8-4-5-7-6(4)12(8)2-20(19)3-13(7,12)9(5)16(15)11(14)18/h4-9H,2-3H2,1H3. The van der Waals surface area contributed by atoms with Gasteiger partial charge in [0.25, 0.3) is 0 Å². The fourth-order valence-corrected chi connectivity index (χ4v) is 10.4. The zero-order valence-corrected chi connectivity index (χ0v) is 11.7. The van der Waals surface area contributed by atoms with Gasteiger partial charge in [0, 0.05) is 40.2 Å². The van der Waals surface area contributed by atoms with Crippen molar-refractivity contribution in [3.05, 3.63) is 21.0 Å². The predicted octanol–water partition coefficient (Wildman–Crippen LogP) is -1.30. The normalized spacial score (nSPS) is 64.3. The monoisotopic (exact) mass is 291 g/mol. The molecule has 1 saturated heterocycles. The average molecular weight is 291 g/mol. The summed E-state index contributed by atoms with van der Waals surface area (Å²) < 4.78 is 17.0. The van der Waals surface area contributed by atoms with Crippen molar-refractivity contribution in [1.82, 2.24) is 13.9 Å². The Morgan fingerprint density at radius 1 is 1.00 bits per heavy atom. The fraction of sp³-hybridized carbons (Fsp3) is 0.846. The molecular formula is C13H13N3O3S. The van der Waals surface area contributed by atoms with Crippen molar-refractivity contribution in [2.24, 2.45) is 41.5 Å². The van der Waals surface area contributed by atoms with Crippen LogP contribution >= 0.6 is 0 Å². The van der Waals surface area contributed by atoms with Gasteiger partial charge in [-0.2, -0.15) is 0 Å². The molecule has 5 fully saturated rings. The van der Waals surface area contributed by atoms with Gasteiger partial charge < -0.3 is 0 Å². The van der Waals surface area contributed by atoms with Gasteiger partial charge >= 0.3 is 11.4 Å². The van der Waals surface area contributed by atoms with Gasteiger partial charge in [-0.05, 0) is 23.7 Å².